The number of carboxylic acid groups (broad SMARTS) is 3. The Labute approximate surface area is 485 Å². The Morgan fingerprint density at radius 2 is 0.412 bits per heavy atom. The number of aromatic carboxylic acids is 3. The van der Waals surface area contributed by atoms with Crippen LogP contribution in [0.4, 0.5) is 13.2 Å². The van der Waals surface area contributed by atoms with Crippen LogP contribution < -0.4 is 0 Å². The van der Waals surface area contributed by atoms with Crippen LogP contribution in [0.5, 0.6) is 0 Å². The lowest BCUT2D eigenvalue weighted by atomic mass is 10.0. The Morgan fingerprint density at radius 1 is 0.275 bits per heavy atom. The maximum absolute atomic E-state index is 13.4. The summed E-state index contributed by atoms with van der Waals surface area (Å²) in [6, 6.07) is 3.94. The molecule has 12 heteroatoms. The van der Waals surface area contributed by atoms with Crippen molar-refractivity contribution in [1.29, 1.82) is 0 Å². The van der Waals surface area contributed by atoms with Crippen LogP contribution in [0.25, 0.3) is 0 Å². The second kappa shape index (κ2) is 53.1. The highest BCUT2D eigenvalue weighted by molar-refractivity contribution is 5.86. The molecule has 6 N–H and O–H groups in total. The first-order valence-electron chi connectivity index (χ1n) is 33.3. The molecule has 0 saturated carbocycles. The summed E-state index contributed by atoms with van der Waals surface area (Å²) in [5.74, 6) is -5.67. The van der Waals surface area contributed by atoms with Crippen molar-refractivity contribution >= 4 is 17.9 Å². The molecule has 9 nitrogen and oxygen atoms in total. The van der Waals surface area contributed by atoms with Crippen LogP contribution in [0.1, 0.15) is 371 Å². The van der Waals surface area contributed by atoms with Gasteiger partial charge in [-0.25, -0.2) is 27.6 Å². The van der Waals surface area contributed by atoms with E-state index in [1.165, 1.54) is 281 Å². The second-order valence-electron chi connectivity index (χ2n) is 23.3. The summed E-state index contributed by atoms with van der Waals surface area (Å²) < 4.78 is 40.1. The van der Waals surface area contributed by atoms with E-state index >= 15 is 0 Å². The molecular weight excluding hydrogens is 1010 g/mol. The highest BCUT2D eigenvalue weighted by atomic mass is 19.1. The van der Waals surface area contributed by atoms with Gasteiger partial charge in [0.25, 0.3) is 0 Å². The lowest BCUT2D eigenvalue weighted by Gasteiger charge is -2.03. The molecule has 0 fully saturated rings. The first-order chi connectivity index (χ1) is 38.9. The van der Waals surface area contributed by atoms with Crippen LogP contribution in [0.3, 0.4) is 0 Å². The minimum absolute atomic E-state index is 0.318. The largest absolute Gasteiger partial charge is 0.476 e. The summed E-state index contributed by atoms with van der Waals surface area (Å²) in [5.41, 5.74) is 1.11. The van der Waals surface area contributed by atoms with Gasteiger partial charge in [0.05, 0.1) is 0 Å². The molecule has 0 bridgehead atoms. The normalized spacial score (nSPS) is 11.2. The lowest BCUT2D eigenvalue weighted by molar-refractivity contribution is 0.0675. The van der Waals surface area contributed by atoms with Crippen LogP contribution in [0.15, 0.2) is 18.2 Å². The molecule has 0 spiro atoms. The number of aryl methyl sites for hydroxylation is 3. The fourth-order valence-electron chi connectivity index (χ4n) is 10.7. The quantitative estimate of drug-likeness (QED) is 0.0309. The van der Waals surface area contributed by atoms with Crippen molar-refractivity contribution in [1.82, 2.24) is 15.0 Å². The third kappa shape index (κ3) is 41.9. The van der Waals surface area contributed by atoms with Gasteiger partial charge in [0.15, 0.2) is 34.5 Å². The Hall–Kier alpha value is -3.96. The van der Waals surface area contributed by atoms with Gasteiger partial charge in [-0.05, 0) is 56.7 Å². The summed E-state index contributed by atoms with van der Waals surface area (Å²) in [6.07, 6.45) is 64.5. The van der Waals surface area contributed by atoms with Crippen LogP contribution in [-0.4, -0.2) is 48.2 Å². The van der Waals surface area contributed by atoms with E-state index in [2.05, 4.69) is 35.7 Å². The molecule has 3 aromatic heterocycles. The molecule has 0 aliphatic carbocycles. The summed E-state index contributed by atoms with van der Waals surface area (Å²) in [4.78, 5) is 40.3. The third-order valence-corrected chi connectivity index (χ3v) is 15.8. The number of H-pyrrole nitrogens is 3. The molecule has 3 rings (SSSR count). The molecular formula is C68H118F3N3O6. The molecule has 462 valence electrons. The monoisotopic (exact) mass is 1130 g/mol. The van der Waals surface area contributed by atoms with E-state index in [0.717, 1.165) is 57.8 Å². The maximum Gasteiger partial charge on any atom is 0.355 e. The van der Waals surface area contributed by atoms with Crippen molar-refractivity contribution in [2.24, 2.45) is 0 Å². The van der Waals surface area contributed by atoms with Crippen molar-refractivity contribution in [2.45, 2.75) is 342 Å². The van der Waals surface area contributed by atoms with E-state index in [4.69, 9.17) is 15.3 Å². The number of aromatic amines is 3. The number of unbranched alkanes of at least 4 members (excludes halogenated alkanes) is 44. The summed E-state index contributed by atoms with van der Waals surface area (Å²) in [5, 5.41) is 26.5. The molecule has 0 unspecified atom stereocenters. The van der Waals surface area contributed by atoms with E-state index in [1.807, 2.05) is 0 Å². The zero-order valence-electron chi connectivity index (χ0n) is 51.3. The average Bonchev–Trinajstić information content (AvgIpc) is 4.14. The van der Waals surface area contributed by atoms with Gasteiger partial charge in [0.2, 0.25) is 0 Å². The van der Waals surface area contributed by atoms with Gasteiger partial charge in [-0.2, -0.15) is 0 Å². The highest BCUT2D eigenvalue weighted by Crippen LogP contribution is 2.20. The third-order valence-electron chi connectivity index (χ3n) is 15.8. The van der Waals surface area contributed by atoms with E-state index in [0.29, 0.717) is 17.1 Å². The molecule has 0 radical (unpaired) electrons. The van der Waals surface area contributed by atoms with E-state index in [1.54, 1.807) is 0 Å². The fraction of sp³-hybridized carbons (Fsp3) is 0.779. The number of carbonyl (C=O) groups is 3. The fourth-order valence-corrected chi connectivity index (χ4v) is 10.7. The van der Waals surface area contributed by atoms with Crippen LogP contribution >= 0.6 is 0 Å². The van der Waals surface area contributed by atoms with Gasteiger partial charge >= 0.3 is 17.9 Å². The number of nitrogens with one attached hydrogen (secondary N) is 3. The molecule has 3 heterocycles. The van der Waals surface area contributed by atoms with Crippen LogP contribution in [-0.2, 0) is 19.3 Å². The number of hydrogen-bond donors (Lipinski definition) is 6. The zero-order chi connectivity index (χ0) is 58.5. The number of carboxylic acids is 3. The highest BCUT2D eigenvalue weighted by Gasteiger charge is 2.16. The predicted octanol–water partition coefficient (Wildman–Crippen LogP) is 22.6. The summed E-state index contributed by atoms with van der Waals surface area (Å²) in [6.45, 7) is 6.80. The zero-order valence-corrected chi connectivity index (χ0v) is 51.3. The smallest absolute Gasteiger partial charge is 0.355 e. The van der Waals surface area contributed by atoms with E-state index in [9.17, 15) is 27.6 Å². The van der Waals surface area contributed by atoms with Crippen molar-refractivity contribution in [3.8, 4) is 0 Å². The number of aromatic nitrogens is 3. The van der Waals surface area contributed by atoms with Crippen molar-refractivity contribution < 1.29 is 42.9 Å². The average molecular weight is 1130 g/mol. The van der Waals surface area contributed by atoms with Gasteiger partial charge in [-0.3, -0.25) is 0 Å². The first-order valence-corrected chi connectivity index (χ1v) is 33.3. The van der Waals surface area contributed by atoms with Crippen molar-refractivity contribution in [3.05, 3.63) is 69.8 Å². The molecule has 0 aromatic carbocycles. The van der Waals surface area contributed by atoms with Crippen LogP contribution in [0, 0.1) is 17.5 Å². The Morgan fingerprint density at radius 3 is 0.537 bits per heavy atom. The number of rotatable bonds is 53. The minimum atomic E-state index is -1.23. The van der Waals surface area contributed by atoms with Gasteiger partial charge < -0.3 is 30.3 Å². The second-order valence-corrected chi connectivity index (χ2v) is 23.3. The van der Waals surface area contributed by atoms with Crippen molar-refractivity contribution in [3.63, 3.8) is 0 Å². The first kappa shape index (κ1) is 74.1. The molecule has 0 saturated heterocycles. The molecule has 0 aliphatic rings. The minimum Gasteiger partial charge on any atom is -0.476 e. The van der Waals surface area contributed by atoms with E-state index in [-0.39, 0.29) is 17.1 Å². The molecule has 80 heavy (non-hydrogen) atoms. The van der Waals surface area contributed by atoms with Crippen molar-refractivity contribution in [2.75, 3.05) is 0 Å². The van der Waals surface area contributed by atoms with Gasteiger partial charge in [-0.1, -0.05) is 303 Å². The van der Waals surface area contributed by atoms with Gasteiger partial charge in [0, 0.05) is 17.1 Å². The van der Waals surface area contributed by atoms with Gasteiger partial charge in [0.1, 0.15) is 0 Å². The summed E-state index contributed by atoms with van der Waals surface area (Å²) in [7, 11) is 0. The molecule has 0 amide bonds. The number of halogens is 3. The molecule has 0 atom stereocenters. The maximum atomic E-state index is 13.4. The Bertz CT molecular complexity index is 1820. The standard InChI is InChI=1S/2C23H40FNO2.C22H38FNO2/c2*1-2-3-4-5-6-7-8-9-10-11-12-13-14-15-16-17-18-20-19-21(24)22(25-20)23(26)27;1-2-3-4-5-6-7-8-9-10-11-12-13-14-15-16-17-19-18-20(23)21(24-19)22(25)26/h2*19,25H,2-18H2,1H3,(H,26,27);18,24H,2-17H2,1H3,(H,25,26). The molecule has 0 aliphatic heterocycles. The van der Waals surface area contributed by atoms with Gasteiger partial charge in [-0.15, -0.1) is 0 Å². The van der Waals surface area contributed by atoms with Crippen LogP contribution in [0.2, 0.25) is 0 Å². The number of hydrogen-bond acceptors (Lipinski definition) is 3. The topological polar surface area (TPSA) is 159 Å². The SMILES string of the molecule is CCCCCCCCCCCCCCCCCCc1cc(F)c(C(=O)O)[nH]1.CCCCCCCCCCCCCCCCCCc1cc(F)c(C(=O)O)[nH]1.CCCCCCCCCCCCCCCCCc1cc(F)c(C(=O)O)[nH]1. The predicted molar refractivity (Wildman–Crippen MR) is 328 cm³/mol. The Balaban J connectivity index is 0.000000600. The Kier molecular flexibility index (Phi) is 49.1. The van der Waals surface area contributed by atoms with E-state index < -0.39 is 35.4 Å². The lowest BCUT2D eigenvalue weighted by Crippen LogP contribution is -1.99. The summed E-state index contributed by atoms with van der Waals surface area (Å²) >= 11 is 0. The molecule has 3 aromatic rings.